The summed E-state index contributed by atoms with van der Waals surface area (Å²) >= 11 is 0. The standard InChI is InChI=1S/C14H23N5O/c1-11(2)20-14-7-13(16-10-17-14)19-5-3-18(4-6-19)12-8-15-9-12/h7,10-12,15H,3-6,8-9H2,1-2H3. The first-order chi connectivity index (χ1) is 9.72. The minimum atomic E-state index is 0.140. The van der Waals surface area contributed by atoms with Crippen LogP contribution in [0.2, 0.25) is 0 Å². The van der Waals surface area contributed by atoms with Gasteiger partial charge in [-0.2, -0.15) is 0 Å². The van der Waals surface area contributed by atoms with E-state index in [2.05, 4.69) is 25.1 Å². The number of nitrogens with zero attached hydrogens (tertiary/aromatic N) is 4. The van der Waals surface area contributed by atoms with E-state index in [1.165, 1.54) is 0 Å². The van der Waals surface area contributed by atoms with E-state index < -0.39 is 0 Å². The van der Waals surface area contributed by atoms with Crippen molar-refractivity contribution in [3.63, 3.8) is 0 Å². The van der Waals surface area contributed by atoms with Gasteiger partial charge >= 0.3 is 0 Å². The summed E-state index contributed by atoms with van der Waals surface area (Å²) in [6.07, 6.45) is 1.73. The van der Waals surface area contributed by atoms with E-state index in [0.29, 0.717) is 5.88 Å². The molecule has 20 heavy (non-hydrogen) atoms. The Balaban J connectivity index is 1.59. The van der Waals surface area contributed by atoms with E-state index in [1.54, 1.807) is 6.33 Å². The molecule has 6 nitrogen and oxygen atoms in total. The molecular weight excluding hydrogens is 254 g/mol. The number of aromatic nitrogens is 2. The molecule has 0 spiro atoms. The van der Waals surface area contributed by atoms with E-state index >= 15 is 0 Å². The Kier molecular flexibility index (Phi) is 4.03. The van der Waals surface area contributed by atoms with E-state index in [9.17, 15) is 0 Å². The van der Waals surface area contributed by atoms with Gasteiger partial charge in [-0.3, -0.25) is 4.90 Å². The van der Waals surface area contributed by atoms with Gasteiger partial charge in [0.05, 0.1) is 6.10 Å². The summed E-state index contributed by atoms with van der Waals surface area (Å²) < 4.78 is 5.64. The van der Waals surface area contributed by atoms with Crippen molar-refractivity contribution < 1.29 is 4.74 Å². The smallest absolute Gasteiger partial charge is 0.218 e. The van der Waals surface area contributed by atoms with Gasteiger partial charge in [0.1, 0.15) is 12.1 Å². The van der Waals surface area contributed by atoms with Crippen molar-refractivity contribution in [2.75, 3.05) is 44.2 Å². The molecule has 0 bridgehead atoms. The monoisotopic (exact) mass is 277 g/mol. The predicted octanol–water partition coefficient (Wildman–Crippen LogP) is 0.358. The molecule has 1 aromatic rings. The average Bonchev–Trinajstić information content (AvgIpc) is 2.37. The molecule has 1 aromatic heterocycles. The Labute approximate surface area is 120 Å². The minimum absolute atomic E-state index is 0.140. The Bertz CT molecular complexity index is 441. The Hall–Kier alpha value is -1.40. The molecule has 0 saturated carbocycles. The van der Waals surface area contributed by atoms with Crippen molar-refractivity contribution in [3.05, 3.63) is 12.4 Å². The van der Waals surface area contributed by atoms with Crippen molar-refractivity contribution >= 4 is 5.82 Å². The third kappa shape index (κ3) is 3.02. The fraction of sp³-hybridized carbons (Fsp3) is 0.714. The van der Waals surface area contributed by atoms with E-state index in [4.69, 9.17) is 4.74 Å². The molecule has 3 heterocycles. The zero-order valence-electron chi connectivity index (χ0n) is 12.2. The Morgan fingerprint density at radius 3 is 2.55 bits per heavy atom. The molecule has 0 unspecified atom stereocenters. The van der Waals surface area contributed by atoms with E-state index in [1.807, 2.05) is 19.9 Å². The van der Waals surface area contributed by atoms with Gasteiger partial charge < -0.3 is 15.0 Å². The van der Waals surface area contributed by atoms with E-state index in [-0.39, 0.29) is 6.10 Å². The molecule has 2 aliphatic heterocycles. The zero-order valence-corrected chi connectivity index (χ0v) is 12.2. The van der Waals surface area contributed by atoms with Gasteiger partial charge in [-0.25, -0.2) is 9.97 Å². The normalized spacial score (nSPS) is 21.1. The largest absolute Gasteiger partial charge is 0.475 e. The highest BCUT2D eigenvalue weighted by Gasteiger charge is 2.28. The SMILES string of the molecule is CC(C)Oc1cc(N2CCN(C3CNC3)CC2)ncn1. The molecule has 6 heteroatoms. The fourth-order valence-electron chi connectivity index (χ4n) is 2.66. The summed E-state index contributed by atoms with van der Waals surface area (Å²) in [5, 5.41) is 3.33. The van der Waals surface area contributed by atoms with Crippen LogP contribution in [0, 0.1) is 0 Å². The van der Waals surface area contributed by atoms with Gasteiger partial charge in [-0.1, -0.05) is 0 Å². The Morgan fingerprint density at radius 2 is 1.95 bits per heavy atom. The second-order valence-corrected chi connectivity index (χ2v) is 5.72. The minimum Gasteiger partial charge on any atom is -0.475 e. The number of hydrogen-bond donors (Lipinski definition) is 1. The first-order valence-electron chi connectivity index (χ1n) is 7.41. The molecule has 0 radical (unpaired) electrons. The van der Waals surface area contributed by atoms with Gasteiger partial charge in [0.15, 0.2) is 0 Å². The lowest BCUT2D eigenvalue weighted by Gasteiger charge is -2.43. The summed E-state index contributed by atoms with van der Waals surface area (Å²) in [5.74, 6) is 1.64. The van der Waals surface area contributed by atoms with Crippen LogP contribution in [0.3, 0.4) is 0 Å². The van der Waals surface area contributed by atoms with Crippen molar-refractivity contribution in [1.82, 2.24) is 20.2 Å². The topological polar surface area (TPSA) is 53.5 Å². The molecule has 1 N–H and O–H groups in total. The highest BCUT2D eigenvalue weighted by atomic mass is 16.5. The third-order valence-corrected chi connectivity index (χ3v) is 3.90. The zero-order chi connectivity index (χ0) is 13.9. The number of ether oxygens (including phenoxy) is 1. The predicted molar refractivity (Wildman–Crippen MR) is 78.2 cm³/mol. The second-order valence-electron chi connectivity index (χ2n) is 5.72. The molecular formula is C14H23N5O. The second kappa shape index (κ2) is 5.93. The maximum atomic E-state index is 5.64. The van der Waals surface area contributed by atoms with Crippen LogP contribution in [0.1, 0.15) is 13.8 Å². The van der Waals surface area contributed by atoms with Gasteiger partial charge in [0.2, 0.25) is 5.88 Å². The molecule has 0 amide bonds. The van der Waals surface area contributed by atoms with Gasteiger partial charge in [0.25, 0.3) is 0 Å². The first kappa shape index (κ1) is 13.6. The molecule has 0 aromatic carbocycles. The maximum absolute atomic E-state index is 5.64. The molecule has 0 atom stereocenters. The van der Waals surface area contributed by atoms with Crippen LogP contribution in [-0.2, 0) is 0 Å². The summed E-state index contributed by atoms with van der Waals surface area (Å²) in [7, 11) is 0. The average molecular weight is 277 g/mol. The number of nitrogens with one attached hydrogen (secondary N) is 1. The third-order valence-electron chi connectivity index (χ3n) is 3.90. The van der Waals surface area contributed by atoms with Crippen LogP contribution in [0.5, 0.6) is 5.88 Å². The molecule has 110 valence electrons. The summed E-state index contributed by atoms with van der Waals surface area (Å²) in [5.41, 5.74) is 0. The number of hydrogen-bond acceptors (Lipinski definition) is 6. The lowest BCUT2D eigenvalue weighted by Crippen LogP contribution is -2.61. The molecule has 2 fully saturated rings. The van der Waals surface area contributed by atoms with Crippen LogP contribution in [0.15, 0.2) is 12.4 Å². The maximum Gasteiger partial charge on any atom is 0.218 e. The molecule has 3 rings (SSSR count). The summed E-state index contributed by atoms with van der Waals surface area (Å²) in [6.45, 7) is 10.6. The van der Waals surface area contributed by atoms with Crippen molar-refractivity contribution in [2.45, 2.75) is 26.0 Å². The number of rotatable bonds is 4. The van der Waals surface area contributed by atoms with Crippen molar-refractivity contribution in [1.29, 1.82) is 0 Å². The number of anilines is 1. The van der Waals surface area contributed by atoms with Crippen LogP contribution >= 0.6 is 0 Å². The van der Waals surface area contributed by atoms with Gasteiger partial charge in [0, 0.05) is 51.4 Å². The first-order valence-corrected chi connectivity index (χ1v) is 7.41. The molecule has 2 saturated heterocycles. The van der Waals surface area contributed by atoms with Crippen LogP contribution < -0.4 is 15.0 Å². The lowest BCUT2D eigenvalue weighted by atomic mass is 10.1. The van der Waals surface area contributed by atoms with Gasteiger partial charge in [-0.15, -0.1) is 0 Å². The van der Waals surface area contributed by atoms with Crippen molar-refractivity contribution in [3.8, 4) is 5.88 Å². The van der Waals surface area contributed by atoms with Crippen molar-refractivity contribution in [2.24, 2.45) is 0 Å². The molecule has 2 aliphatic rings. The van der Waals surface area contributed by atoms with Gasteiger partial charge in [-0.05, 0) is 13.8 Å². The quantitative estimate of drug-likeness (QED) is 0.857. The lowest BCUT2D eigenvalue weighted by molar-refractivity contribution is 0.137. The molecule has 0 aliphatic carbocycles. The fourth-order valence-corrected chi connectivity index (χ4v) is 2.66. The van der Waals surface area contributed by atoms with E-state index in [0.717, 1.165) is 51.1 Å². The highest BCUT2D eigenvalue weighted by Crippen LogP contribution is 2.19. The summed E-state index contributed by atoms with van der Waals surface area (Å²) in [4.78, 5) is 13.4. The number of piperazine rings is 1. The van der Waals surface area contributed by atoms with Crippen LogP contribution in [0.4, 0.5) is 5.82 Å². The summed E-state index contributed by atoms with van der Waals surface area (Å²) in [6, 6.07) is 2.68. The highest BCUT2D eigenvalue weighted by molar-refractivity contribution is 5.41. The van der Waals surface area contributed by atoms with Crippen LogP contribution in [-0.4, -0.2) is 66.3 Å². The Morgan fingerprint density at radius 1 is 1.20 bits per heavy atom. The van der Waals surface area contributed by atoms with Crippen LogP contribution in [0.25, 0.3) is 0 Å².